The number of ether oxygens (including phenoxy) is 2. The Hall–Kier alpha value is -4.72. The van der Waals surface area contributed by atoms with Crippen molar-refractivity contribution in [2.75, 3.05) is 13.2 Å². The highest BCUT2D eigenvalue weighted by atomic mass is 16.5. The van der Waals surface area contributed by atoms with Gasteiger partial charge in [-0.2, -0.15) is 0 Å². The minimum Gasteiger partial charge on any atom is -0.466 e. The molecule has 0 bridgehead atoms. The second-order valence-corrected chi connectivity index (χ2v) is 10.4. The first-order valence-electron chi connectivity index (χ1n) is 14.2. The maximum atomic E-state index is 13.7. The zero-order chi connectivity index (χ0) is 29.6. The van der Waals surface area contributed by atoms with Gasteiger partial charge in [0.25, 0.3) is 0 Å². The molecule has 0 spiro atoms. The van der Waals surface area contributed by atoms with Crippen molar-refractivity contribution in [3.05, 3.63) is 108 Å². The molecule has 1 aliphatic carbocycles. The van der Waals surface area contributed by atoms with E-state index < -0.39 is 35.6 Å². The fourth-order valence-corrected chi connectivity index (χ4v) is 5.57. The van der Waals surface area contributed by atoms with Crippen molar-refractivity contribution in [2.24, 2.45) is 11.8 Å². The predicted molar refractivity (Wildman–Crippen MR) is 159 cm³/mol. The largest absolute Gasteiger partial charge is 0.466 e. The Balaban J connectivity index is 1.61. The van der Waals surface area contributed by atoms with Crippen LogP contribution in [0.25, 0.3) is 22.8 Å². The van der Waals surface area contributed by atoms with Crippen LogP contribution < -0.4 is 0 Å². The van der Waals surface area contributed by atoms with Gasteiger partial charge in [-0.25, -0.2) is 0 Å². The molecule has 4 aromatic rings. The number of esters is 2. The van der Waals surface area contributed by atoms with Crippen LogP contribution in [0.2, 0.25) is 0 Å². The van der Waals surface area contributed by atoms with Crippen LogP contribution in [0.15, 0.2) is 85.5 Å². The molecule has 0 saturated heterocycles. The van der Waals surface area contributed by atoms with Crippen molar-refractivity contribution in [3.8, 4) is 22.8 Å². The van der Waals surface area contributed by atoms with E-state index in [2.05, 4.69) is 19.9 Å². The lowest BCUT2D eigenvalue weighted by atomic mass is 9.66. The van der Waals surface area contributed by atoms with Crippen LogP contribution in [0.5, 0.6) is 0 Å². The molecule has 4 atom stereocenters. The highest BCUT2D eigenvalue weighted by Gasteiger charge is 2.47. The Labute approximate surface area is 245 Å². The van der Waals surface area contributed by atoms with Crippen molar-refractivity contribution in [1.82, 2.24) is 19.9 Å². The molecule has 8 heteroatoms. The van der Waals surface area contributed by atoms with E-state index in [1.54, 1.807) is 38.6 Å². The number of aryl methyl sites for hydroxylation is 2. The molecule has 4 heterocycles. The summed E-state index contributed by atoms with van der Waals surface area (Å²) in [5, 5.41) is 0. The number of carbonyl (C=O) groups excluding carboxylic acids is 2. The summed E-state index contributed by atoms with van der Waals surface area (Å²) >= 11 is 0. The van der Waals surface area contributed by atoms with Gasteiger partial charge >= 0.3 is 11.9 Å². The molecule has 0 radical (unpaired) electrons. The lowest BCUT2D eigenvalue weighted by molar-refractivity contribution is -0.162. The van der Waals surface area contributed by atoms with Crippen LogP contribution in [0.1, 0.15) is 47.9 Å². The van der Waals surface area contributed by atoms with E-state index in [0.29, 0.717) is 11.4 Å². The van der Waals surface area contributed by atoms with E-state index in [1.165, 1.54) is 0 Å². The van der Waals surface area contributed by atoms with Gasteiger partial charge in [0.1, 0.15) is 0 Å². The van der Waals surface area contributed by atoms with Crippen molar-refractivity contribution in [3.63, 3.8) is 0 Å². The monoisotopic (exact) mass is 562 g/mol. The molecule has 0 saturated carbocycles. The van der Waals surface area contributed by atoms with Crippen LogP contribution in [0, 0.1) is 25.7 Å². The molecular formula is C34H34N4O4. The number of allylic oxidation sites excluding steroid dienone is 2. The molecule has 0 N–H and O–H groups in total. The first kappa shape index (κ1) is 28.8. The van der Waals surface area contributed by atoms with Gasteiger partial charge in [0.2, 0.25) is 0 Å². The summed E-state index contributed by atoms with van der Waals surface area (Å²) < 4.78 is 11.2. The number of pyridine rings is 4. The summed E-state index contributed by atoms with van der Waals surface area (Å²) in [4.78, 5) is 45.4. The lowest BCUT2D eigenvalue weighted by Gasteiger charge is -2.37. The minimum absolute atomic E-state index is 0.194. The Bertz CT molecular complexity index is 1500. The Kier molecular flexibility index (Phi) is 8.81. The van der Waals surface area contributed by atoms with Gasteiger partial charge in [-0.1, -0.05) is 12.2 Å². The SMILES string of the molecule is CCOC(=O)C1C(c2ccnc(-c3cc(C)ccn3)c2)C=CC(c2ccnc(-c3cc(C)ccn3)c2)C1C(=O)OCC. The minimum atomic E-state index is -0.826. The fourth-order valence-electron chi connectivity index (χ4n) is 5.57. The summed E-state index contributed by atoms with van der Waals surface area (Å²) in [6.07, 6.45) is 10.9. The topological polar surface area (TPSA) is 104 Å². The second-order valence-electron chi connectivity index (χ2n) is 10.4. The van der Waals surface area contributed by atoms with Crippen LogP contribution >= 0.6 is 0 Å². The van der Waals surface area contributed by atoms with E-state index in [-0.39, 0.29) is 13.2 Å². The molecule has 1 aliphatic rings. The van der Waals surface area contributed by atoms with Crippen molar-refractivity contribution < 1.29 is 19.1 Å². The molecule has 0 amide bonds. The van der Waals surface area contributed by atoms with Crippen LogP contribution in [0.3, 0.4) is 0 Å². The van der Waals surface area contributed by atoms with Gasteiger partial charge in [-0.3, -0.25) is 29.5 Å². The first-order valence-corrected chi connectivity index (χ1v) is 14.2. The Morgan fingerprint density at radius 3 is 1.31 bits per heavy atom. The third-order valence-electron chi connectivity index (χ3n) is 7.50. The van der Waals surface area contributed by atoms with E-state index in [9.17, 15) is 9.59 Å². The number of nitrogens with zero attached hydrogens (tertiary/aromatic N) is 4. The zero-order valence-corrected chi connectivity index (χ0v) is 24.2. The zero-order valence-electron chi connectivity index (χ0n) is 24.2. The van der Waals surface area contributed by atoms with Crippen molar-refractivity contribution in [2.45, 2.75) is 39.5 Å². The van der Waals surface area contributed by atoms with E-state index in [1.807, 2.05) is 74.5 Å². The molecule has 0 fully saturated rings. The predicted octanol–water partition coefficient (Wildman–Crippen LogP) is 6.01. The van der Waals surface area contributed by atoms with Crippen molar-refractivity contribution in [1.29, 1.82) is 0 Å². The van der Waals surface area contributed by atoms with E-state index in [4.69, 9.17) is 9.47 Å². The third kappa shape index (κ3) is 6.12. The summed E-state index contributed by atoms with van der Waals surface area (Å²) in [5.41, 5.74) is 6.65. The Morgan fingerprint density at radius 1 is 0.595 bits per heavy atom. The summed E-state index contributed by atoms with van der Waals surface area (Å²) in [5.74, 6) is -3.43. The van der Waals surface area contributed by atoms with Crippen LogP contribution in [0.4, 0.5) is 0 Å². The van der Waals surface area contributed by atoms with Gasteiger partial charge in [0.05, 0.1) is 47.8 Å². The highest BCUT2D eigenvalue weighted by Crippen LogP contribution is 2.46. The molecule has 4 unspecified atom stereocenters. The molecule has 4 aromatic heterocycles. The molecule has 0 aliphatic heterocycles. The molecular weight excluding hydrogens is 528 g/mol. The van der Waals surface area contributed by atoms with Gasteiger partial charge < -0.3 is 9.47 Å². The van der Waals surface area contributed by atoms with Crippen LogP contribution in [-0.4, -0.2) is 45.1 Å². The molecule has 8 nitrogen and oxygen atoms in total. The number of hydrogen-bond donors (Lipinski definition) is 0. The molecule has 42 heavy (non-hydrogen) atoms. The van der Waals surface area contributed by atoms with Gasteiger partial charge in [-0.05, 0) is 98.5 Å². The smallest absolute Gasteiger partial charge is 0.310 e. The summed E-state index contributed by atoms with van der Waals surface area (Å²) in [7, 11) is 0. The fraction of sp³-hybridized carbons (Fsp3) is 0.294. The standard InChI is InChI=1S/C34H34N4O4/c1-5-41-33(39)31-25(23-11-15-37-29(19-23)27-17-21(3)9-13-35-27)7-8-26(32(31)34(40)42-6-2)24-12-16-38-30(20-24)28-18-22(4)10-14-36-28/h7-20,25-26,31-32H,5-6H2,1-4H3. The number of carbonyl (C=O) groups is 2. The Morgan fingerprint density at radius 2 is 0.952 bits per heavy atom. The number of aromatic nitrogens is 4. The summed E-state index contributed by atoms with van der Waals surface area (Å²) in [6, 6.07) is 15.4. The quantitative estimate of drug-likeness (QED) is 0.190. The second kappa shape index (κ2) is 12.9. The highest BCUT2D eigenvalue weighted by molar-refractivity contribution is 5.85. The number of rotatable bonds is 8. The average molecular weight is 563 g/mol. The van der Waals surface area contributed by atoms with Crippen molar-refractivity contribution >= 4 is 11.9 Å². The maximum absolute atomic E-state index is 13.7. The third-order valence-corrected chi connectivity index (χ3v) is 7.50. The summed E-state index contributed by atoms with van der Waals surface area (Å²) in [6.45, 7) is 7.91. The molecule has 5 rings (SSSR count). The average Bonchev–Trinajstić information content (AvgIpc) is 3.00. The van der Waals surface area contributed by atoms with Crippen LogP contribution in [-0.2, 0) is 19.1 Å². The number of hydrogen-bond acceptors (Lipinski definition) is 8. The van der Waals surface area contributed by atoms with Gasteiger partial charge in [-0.15, -0.1) is 0 Å². The van der Waals surface area contributed by atoms with Gasteiger partial charge in [0.15, 0.2) is 0 Å². The molecule has 214 valence electrons. The van der Waals surface area contributed by atoms with E-state index >= 15 is 0 Å². The first-order chi connectivity index (χ1) is 20.4. The normalized spacial score (nSPS) is 19.7. The lowest BCUT2D eigenvalue weighted by Crippen LogP contribution is -2.41. The van der Waals surface area contributed by atoms with Gasteiger partial charge in [0, 0.05) is 36.6 Å². The maximum Gasteiger partial charge on any atom is 0.310 e. The van der Waals surface area contributed by atoms with E-state index in [0.717, 1.165) is 33.6 Å². The molecule has 0 aromatic carbocycles.